The summed E-state index contributed by atoms with van der Waals surface area (Å²) < 4.78 is 24.8. The molecule has 30 heavy (non-hydrogen) atoms. The maximum atomic E-state index is 12.8. The normalized spacial score (nSPS) is 17.1. The first-order valence-electron chi connectivity index (χ1n) is 10.3. The van der Waals surface area contributed by atoms with E-state index in [0.29, 0.717) is 32.5 Å². The molecule has 2 heterocycles. The van der Waals surface area contributed by atoms with Crippen LogP contribution in [0.5, 0.6) is 0 Å². The van der Waals surface area contributed by atoms with Crippen LogP contribution in [0.25, 0.3) is 10.9 Å². The lowest BCUT2D eigenvalue weighted by atomic mass is 9.90. The molecule has 0 bridgehead atoms. The average molecular weight is 426 g/mol. The number of hydrogen-bond donors (Lipinski definition) is 2. The summed E-state index contributed by atoms with van der Waals surface area (Å²) in [5, 5.41) is 4.29. The third-order valence-electron chi connectivity index (χ3n) is 5.97. The van der Waals surface area contributed by atoms with Crippen molar-refractivity contribution in [3.63, 3.8) is 0 Å². The van der Waals surface area contributed by atoms with E-state index in [0.717, 1.165) is 22.0 Å². The predicted octanol–water partition coefficient (Wildman–Crippen LogP) is 3.09. The summed E-state index contributed by atoms with van der Waals surface area (Å²) in [6.45, 7) is 1.31. The first-order valence-corrected chi connectivity index (χ1v) is 12.1. The van der Waals surface area contributed by atoms with E-state index in [-0.39, 0.29) is 17.7 Å². The number of para-hydroxylation sites is 1. The van der Waals surface area contributed by atoms with Gasteiger partial charge in [0.15, 0.2) is 0 Å². The second-order valence-corrected chi connectivity index (χ2v) is 9.92. The Labute approximate surface area is 177 Å². The lowest BCUT2D eigenvalue weighted by molar-refractivity contribution is -0.126. The van der Waals surface area contributed by atoms with Crippen LogP contribution in [0.2, 0.25) is 0 Å². The van der Waals surface area contributed by atoms with Crippen LogP contribution in [-0.2, 0) is 14.8 Å². The van der Waals surface area contributed by atoms with Crippen molar-refractivity contribution in [1.29, 1.82) is 0 Å². The van der Waals surface area contributed by atoms with Crippen LogP contribution in [0, 0.1) is 5.92 Å². The molecule has 1 aromatic heterocycles. The molecule has 4 rings (SSSR count). The smallest absolute Gasteiger partial charge is 0.223 e. The summed E-state index contributed by atoms with van der Waals surface area (Å²) in [7, 11) is -3.19. The van der Waals surface area contributed by atoms with E-state index in [2.05, 4.69) is 34.6 Å². The molecule has 6 nitrogen and oxygen atoms in total. The minimum atomic E-state index is -3.19. The van der Waals surface area contributed by atoms with E-state index >= 15 is 0 Å². The van der Waals surface area contributed by atoms with E-state index in [9.17, 15) is 13.2 Å². The Balaban J connectivity index is 1.49. The van der Waals surface area contributed by atoms with Gasteiger partial charge in [0.05, 0.1) is 6.26 Å². The Morgan fingerprint density at radius 2 is 1.77 bits per heavy atom. The van der Waals surface area contributed by atoms with Gasteiger partial charge in [0.2, 0.25) is 15.9 Å². The fourth-order valence-electron chi connectivity index (χ4n) is 4.27. The van der Waals surface area contributed by atoms with E-state index < -0.39 is 10.0 Å². The number of H-pyrrole nitrogens is 1. The van der Waals surface area contributed by atoms with Gasteiger partial charge in [-0.3, -0.25) is 4.79 Å². The molecule has 0 unspecified atom stereocenters. The molecule has 1 fully saturated rings. The van der Waals surface area contributed by atoms with Crippen LogP contribution in [-0.4, -0.2) is 49.5 Å². The number of aromatic nitrogens is 1. The monoisotopic (exact) mass is 425 g/mol. The van der Waals surface area contributed by atoms with Gasteiger partial charge in [-0.2, -0.15) is 0 Å². The molecule has 0 aliphatic carbocycles. The quantitative estimate of drug-likeness (QED) is 0.637. The molecular formula is C23H27N3O3S. The Bertz CT molecular complexity index is 1120. The van der Waals surface area contributed by atoms with Gasteiger partial charge in [-0.25, -0.2) is 12.7 Å². The van der Waals surface area contributed by atoms with Crippen molar-refractivity contribution < 1.29 is 13.2 Å². The maximum Gasteiger partial charge on any atom is 0.223 e. The van der Waals surface area contributed by atoms with Gasteiger partial charge in [-0.15, -0.1) is 0 Å². The predicted molar refractivity (Wildman–Crippen MR) is 119 cm³/mol. The number of carbonyl (C=O) groups excluding carboxylic acids is 1. The molecule has 1 atom stereocenters. The molecule has 7 heteroatoms. The maximum absolute atomic E-state index is 12.8. The lowest BCUT2D eigenvalue weighted by Gasteiger charge is -2.30. The Morgan fingerprint density at radius 1 is 1.10 bits per heavy atom. The number of benzene rings is 2. The van der Waals surface area contributed by atoms with Gasteiger partial charge in [0, 0.05) is 48.6 Å². The minimum absolute atomic E-state index is 0.00363. The summed E-state index contributed by atoms with van der Waals surface area (Å²) >= 11 is 0. The van der Waals surface area contributed by atoms with Crippen LogP contribution < -0.4 is 5.32 Å². The molecule has 2 aromatic carbocycles. The van der Waals surface area contributed by atoms with E-state index in [1.165, 1.54) is 10.6 Å². The van der Waals surface area contributed by atoms with Gasteiger partial charge in [0.25, 0.3) is 0 Å². The van der Waals surface area contributed by atoms with E-state index in [1.54, 1.807) is 0 Å². The van der Waals surface area contributed by atoms with Crippen molar-refractivity contribution in [3.05, 3.63) is 71.9 Å². The zero-order chi connectivity index (χ0) is 21.1. The van der Waals surface area contributed by atoms with Crippen molar-refractivity contribution in [1.82, 2.24) is 14.6 Å². The third-order valence-corrected chi connectivity index (χ3v) is 7.28. The zero-order valence-corrected chi connectivity index (χ0v) is 17.9. The zero-order valence-electron chi connectivity index (χ0n) is 17.0. The van der Waals surface area contributed by atoms with Crippen LogP contribution in [0.3, 0.4) is 0 Å². The van der Waals surface area contributed by atoms with Crippen molar-refractivity contribution in [3.8, 4) is 0 Å². The SMILES string of the molecule is CS(=O)(=O)N1CCC(C(=O)NC[C@H](c2ccccc2)c2c[nH]c3ccccc23)CC1. The molecule has 1 aliphatic rings. The highest BCUT2D eigenvalue weighted by Gasteiger charge is 2.29. The van der Waals surface area contributed by atoms with Crippen molar-refractivity contribution in [2.75, 3.05) is 25.9 Å². The van der Waals surface area contributed by atoms with Crippen LogP contribution in [0.1, 0.15) is 29.9 Å². The Hall–Kier alpha value is -2.64. The number of amides is 1. The molecule has 158 valence electrons. The number of hydrogen-bond acceptors (Lipinski definition) is 3. The summed E-state index contributed by atoms with van der Waals surface area (Å²) in [4.78, 5) is 16.2. The second-order valence-electron chi connectivity index (χ2n) is 7.93. The summed E-state index contributed by atoms with van der Waals surface area (Å²) in [6.07, 6.45) is 4.36. The van der Waals surface area contributed by atoms with Gasteiger partial charge in [-0.1, -0.05) is 48.5 Å². The van der Waals surface area contributed by atoms with Crippen LogP contribution in [0.15, 0.2) is 60.8 Å². The Morgan fingerprint density at radius 3 is 2.47 bits per heavy atom. The van der Waals surface area contributed by atoms with Crippen LogP contribution >= 0.6 is 0 Å². The van der Waals surface area contributed by atoms with E-state index in [4.69, 9.17) is 0 Å². The van der Waals surface area contributed by atoms with Crippen LogP contribution in [0.4, 0.5) is 0 Å². The standard InChI is InChI=1S/C23H27N3O3S/c1-30(28,29)26-13-11-18(12-14-26)23(27)25-15-20(17-7-3-2-4-8-17)21-16-24-22-10-6-5-9-19(21)22/h2-10,16,18,20,24H,11-15H2,1H3,(H,25,27)/t20-/m1/s1. The minimum Gasteiger partial charge on any atom is -0.361 e. The number of nitrogens with zero attached hydrogens (tertiary/aromatic N) is 1. The average Bonchev–Trinajstić information content (AvgIpc) is 3.18. The largest absolute Gasteiger partial charge is 0.361 e. The number of aromatic amines is 1. The molecule has 2 N–H and O–H groups in total. The summed E-state index contributed by atoms with van der Waals surface area (Å²) in [6, 6.07) is 18.4. The number of piperidine rings is 1. The molecular weight excluding hydrogens is 398 g/mol. The van der Waals surface area contributed by atoms with Gasteiger partial charge >= 0.3 is 0 Å². The highest BCUT2D eigenvalue weighted by molar-refractivity contribution is 7.88. The first kappa shape index (κ1) is 20.6. The molecule has 1 saturated heterocycles. The second kappa shape index (κ2) is 8.62. The topological polar surface area (TPSA) is 82.3 Å². The van der Waals surface area contributed by atoms with Crippen molar-refractivity contribution in [2.45, 2.75) is 18.8 Å². The first-order chi connectivity index (χ1) is 14.4. The molecule has 3 aromatic rings. The Kier molecular flexibility index (Phi) is 5.92. The number of nitrogens with one attached hydrogen (secondary N) is 2. The van der Waals surface area contributed by atoms with Gasteiger partial charge < -0.3 is 10.3 Å². The number of fused-ring (bicyclic) bond motifs is 1. The van der Waals surface area contributed by atoms with E-state index in [1.807, 2.05) is 36.5 Å². The van der Waals surface area contributed by atoms with Crippen molar-refractivity contribution in [2.24, 2.45) is 5.92 Å². The lowest BCUT2D eigenvalue weighted by Crippen LogP contribution is -2.43. The summed E-state index contributed by atoms with van der Waals surface area (Å²) in [5.74, 6) is -0.117. The number of carbonyl (C=O) groups is 1. The number of rotatable bonds is 6. The molecule has 0 spiro atoms. The molecule has 1 amide bonds. The molecule has 1 aliphatic heterocycles. The molecule has 0 radical (unpaired) electrons. The van der Waals surface area contributed by atoms with Gasteiger partial charge in [-0.05, 0) is 30.0 Å². The van der Waals surface area contributed by atoms with Crippen molar-refractivity contribution >= 4 is 26.8 Å². The molecule has 0 saturated carbocycles. The third kappa shape index (κ3) is 4.42. The fourth-order valence-corrected chi connectivity index (χ4v) is 5.15. The number of sulfonamides is 1. The highest BCUT2D eigenvalue weighted by atomic mass is 32.2. The highest BCUT2D eigenvalue weighted by Crippen LogP contribution is 2.30. The van der Waals surface area contributed by atoms with Gasteiger partial charge in [0.1, 0.15) is 0 Å². The fraction of sp³-hybridized carbons (Fsp3) is 0.348. The summed E-state index contributed by atoms with van der Waals surface area (Å²) in [5.41, 5.74) is 3.38.